The minimum Gasteiger partial charge on any atom is -0.330 e. The average Bonchev–Trinajstić information content (AvgIpc) is 2.18. The molecule has 2 N–H and O–H groups in total. The normalized spacial score (nSPS) is 19.0. The fourth-order valence-electron chi connectivity index (χ4n) is 2.41. The van der Waals surface area contributed by atoms with Gasteiger partial charge in [-0.15, -0.1) is 0 Å². The molecule has 2 heteroatoms. The average molecular weight is 190 g/mol. The Kier molecular flexibility index (Phi) is 2.55. The van der Waals surface area contributed by atoms with Gasteiger partial charge in [0, 0.05) is 24.4 Å². The lowest BCUT2D eigenvalue weighted by molar-refractivity contribution is 0.251. The molecule has 1 aromatic rings. The molecule has 2 nitrogen and oxygen atoms in total. The van der Waals surface area contributed by atoms with Crippen LogP contribution in [0.1, 0.15) is 37.3 Å². The number of nitrogens with two attached hydrogens (primary N) is 1. The summed E-state index contributed by atoms with van der Waals surface area (Å²) in [5.41, 5.74) is 9.01. The van der Waals surface area contributed by atoms with Crippen molar-refractivity contribution in [2.45, 2.75) is 38.0 Å². The van der Waals surface area contributed by atoms with E-state index in [0.29, 0.717) is 0 Å². The quantitative estimate of drug-likeness (QED) is 0.792. The SMILES string of the molecule is CCc1cnccc1C1(CN)CCC1. The molecule has 1 fully saturated rings. The number of pyridine rings is 1. The van der Waals surface area contributed by atoms with Crippen LogP contribution in [0, 0.1) is 0 Å². The van der Waals surface area contributed by atoms with Gasteiger partial charge in [-0.05, 0) is 36.5 Å². The van der Waals surface area contributed by atoms with Crippen molar-refractivity contribution in [1.82, 2.24) is 4.98 Å². The van der Waals surface area contributed by atoms with Crippen molar-refractivity contribution in [1.29, 1.82) is 0 Å². The Morgan fingerprint density at radius 3 is 2.79 bits per heavy atom. The first kappa shape index (κ1) is 9.66. The summed E-state index contributed by atoms with van der Waals surface area (Å²) in [7, 11) is 0. The van der Waals surface area contributed by atoms with Gasteiger partial charge in [-0.3, -0.25) is 4.98 Å². The molecule has 2 rings (SSSR count). The van der Waals surface area contributed by atoms with E-state index in [2.05, 4.69) is 18.0 Å². The van der Waals surface area contributed by atoms with Gasteiger partial charge < -0.3 is 5.73 Å². The highest BCUT2D eigenvalue weighted by Gasteiger charge is 2.38. The van der Waals surface area contributed by atoms with Crippen LogP contribution in [0.5, 0.6) is 0 Å². The van der Waals surface area contributed by atoms with E-state index >= 15 is 0 Å². The maximum absolute atomic E-state index is 5.90. The number of hydrogen-bond donors (Lipinski definition) is 1. The summed E-state index contributed by atoms with van der Waals surface area (Å²) in [6.45, 7) is 2.97. The molecule has 0 atom stereocenters. The Hall–Kier alpha value is -0.890. The molecule has 76 valence electrons. The third-order valence-corrected chi connectivity index (χ3v) is 3.56. The van der Waals surface area contributed by atoms with Gasteiger partial charge in [0.1, 0.15) is 0 Å². The maximum Gasteiger partial charge on any atom is 0.0302 e. The Morgan fingerprint density at radius 2 is 2.29 bits per heavy atom. The summed E-state index contributed by atoms with van der Waals surface area (Å²) in [5.74, 6) is 0. The highest BCUT2D eigenvalue weighted by Crippen LogP contribution is 2.43. The van der Waals surface area contributed by atoms with Gasteiger partial charge in [-0.1, -0.05) is 13.3 Å². The minimum absolute atomic E-state index is 0.286. The Balaban J connectivity index is 2.38. The first-order valence-corrected chi connectivity index (χ1v) is 5.46. The fraction of sp³-hybridized carbons (Fsp3) is 0.583. The van der Waals surface area contributed by atoms with Crippen molar-refractivity contribution < 1.29 is 0 Å². The van der Waals surface area contributed by atoms with Crippen LogP contribution in [-0.4, -0.2) is 11.5 Å². The highest BCUT2D eigenvalue weighted by atomic mass is 14.7. The fourth-order valence-corrected chi connectivity index (χ4v) is 2.41. The van der Waals surface area contributed by atoms with E-state index in [0.717, 1.165) is 13.0 Å². The van der Waals surface area contributed by atoms with E-state index in [4.69, 9.17) is 5.73 Å². The number of nitrogens with zero attached hydrogens (tertiary/aromatic N) is 1. The third-order valence-electron chi connectivity index (χ3n) is 3.56. The van der Waals surface area contributed by atoms with Crippen LogP contribution in [-0.2, 0) is 11.8 Å². The molecule has 0 bridgehead atoms. The number of hydrogen-bond acceptors (Lipinski definition) is 2. The van der Waals surface area contributed by atoms with E-state index in [9.17, 15) is 0 Å². The van der Waals surface area contributed by atoms with Crippen molar-refractivity contribution in [3.63, 3.8) is 0 Å². The van der Waals surface area contributed by atoms with Gasteiger partial charge >= 0.3 is 0 Å². The van der Waals surface area contributed by atoms with Crippen molar-refractivity contribution >= 4 is 0 Å². The number of aromatic nitrogens is 1. The second-order valence-corrected chi connectivity index (χ2v) is 4.22. The third kappa shape index (κ3) is 1.34. The first-order chi connectivity index (χ1) is 6.82. The molecule has 14 heavy (non-hydrogen) atoms. The second-order valence-electron chi connectivity index (χ2n) is 4.22. The van der Waals surface area contributed by atoms with Gasteiger partial charge in [0.05, 0.1) is 0 Å². The zero-order chi connectivity index (χ0) is 10.0. The summed E-state index contributed by atoms with van der Waals surface area (Å²) in [4.78, 5) is 4.18. The van der Waals surface area contributed by atoms with Gasteiger partial charge in [-0.2, -0.15) is 0 Å². The molecule has 0 saturated heterocycles. The smallest absolute Gasteiger partial charge is 0.0302 e. The molecular weight excluding hydrogens is 172 g/mol. The van der Waals surface area contributed by atoms with Crippen molar-refractivity contribution in [3.8, 4) is 0 Å². The van der Waals surface area contributed by atoms with E-state index in [1.54, 1.807) is 0 Å². The van der Waals surface area contributed by atoms with Gasteiger partial charge in [0.25, 0.3) is 0 Å². The first-order valence-electron chi connectivity index (χ1n) is 5.46. The molecule has 1 saturated carbocycles. The lowest BCUT2D eigenvalue weighted by Gasteiger charge is -2.42. The number of aryl methyl sites for hydroxylation is 1. The monoisotopic (exact) mass is 190 g/mol. The van der Waals surface area contributed by atoms with Gasteiger partial charge in [-0.25, -0.2) is 0 Å². The Labute approximate surface area is 85.5 Å². The Bertz CT molecular complexity index is 310. The van der Waals surface area contributed by atoms with Crippen LogP contribution in [0.3, 0.4) is 0 Å². The molecule has 1 aliphatic carbocycles. The zero-order valence-corrected chi connectivity index (χ0v) is 8.79. The lowest BCUT2D eigenvalue weighted by Crippen LogP contribution is -2.42. The van der Waals surface area contributed by atoms with Crippen LogP contribution >= 0.6 is 0 Å². The van der Waals surface area contributed by atoms with Crippen LogP contribution < -0.4 is 5.73 Å². The van der Waals surface area contributed by atoms with Gasteiger partial charge in [0.15, 0.2) is 0 Å². The van der Waals surface area contributed by atoms with E-state index in [1.165, 1.54) is 30.4 Å². The molecular formula is C12H18N2. The minimum atomic E-state index is 0.286. The van der Waals surface area contributed by atoms with Crippen molar-refractivity contribution in [3.05, 3.63) is 29.6 Å². The van der Waals surface area contributed by atoms with Crippen molar-refractivity contribution in [2.75, 3.05) is 6.54 Å². The van der Waals surface area contributed by atoms with Crippen LogP contribution in [0.2, 0.25) is 0 Å². The Morgan fingerprint density at radius 1 is 1.50 bits per heavy atom. The van der Waals surface area contributed by atoms with Crippen LogP contribution in [0.4, 0.5) is 0 Å². The summed E-state index contributed by atoms with van der Waals surface area (Å²) in [6.07, 6.45) is 8.77. The summed E-state index contributed by atoms with van der Waals surface area (Å²) >= 11 is 0. The highest BCUT2D eigenvalue weighted by molar-refractivity contribution is 5.34. The summed E-state index contributed by atoms with van der Waals surface area (Å²) in [6, 6.07) is 2.16. The largest absolute Gasteiger partial charge is 0.330 e. The molecule has 1 aliphatic rings. The predicted octanol–water partition coefficient (Wildman–Crippen LogP) is 2.02. The predicted molar refractivity (Wildman–Crippen MR) is 58.2 cm³/mol. The van der Waals surface area contributed by atoms with Crippen LogP contribution in [0.15, 0.2) is 18.5 Å². The summed E-state index contributed by atoms with van der Waals surface area (Å²) < 4.78 is 0. The summed E-state index contributed by atoms with van der Waals surface area (Å²) in [5, 5.41) is 0. The maximum atomic E-state index is 5.90. The molecule has 0 amide bonds. The van der Waals surface area contributed by atoms with Crippen LogP contribution in [0.25, 0.3) is 0 Å². The number of rotatable bonds is 3. The topological polar surface area (TPSA) is 38.9 Å². The van der Waals surface area contributed by atoms with Gasteiger partial charge in [0.2, 0.25) is 0 Å². The molecule has 0 aliphatic heterocycles. The zero-order valence-electron chi connectivity index (χ0n) is 8.79. The lowest BCUT2D eigenvalue weighted by atomic mass is 9.63. The molecule has 0 spiro atoms. The van der Waals surface area contributed by atoms with E-state index < -0.39 is 0 Å². The molecule has 0 radical (unpaired) electrons. The molecule has 1 heterocycles. The van der Waals surface area contributed by atoms with E-state index in [-0.39, 0.29) is 5.41 Å². The standard InChI is InChI=1S/C12H18N2/c1-2-10-8-14-7-4-11(10)12(9-13)5-3-6-12/h4,7-8H,2-3,5-6,9,13H2,1H3. The molecule has 0 unspecified atom stereocenters. The van der Waals surface area contributed by atoms with Crippen molar-refractivity contribution in [2.24, 2.45) is 5.73 Å². The van der Waals surface area contributed by atoms with E-state index in [1.807, 2.05) is 12.4 Å². The second kappa shape index (κ2) is 3.70. The molecule has 0 aromatic carbocycles. The molecule has 1 aromatic heterocycles.